The Bertz CT molecular complexity index is 116. The molecule has 0 saturated heterocycles. The van der Waals surface area contributed by atoms with Crippen LogP contribution in [0.25, 0.3) is 0 Å². The number of hydrogen-bond acceptors (Lipinski definition) is 4. The van der Waals surface area contributed by atoms with Crippen LogP contribution in [0.4, 0.5) is 0 Å². The van der Waals surface area contributed by atoms with E-state index in [-0.39, 0.29) is 6.10 Å². The summed E-state index contributed by atoms with van der Waals surface area (Å²) in [5.74, 6) is 0. The van der Waals surface area contributed by atoms with E-state index in [0.29, 0.717) is 6.61 Å². The van der Waals surface area contributed by atoms with Crippen molar-refractivity contribution in [1.82, 2.24) is 0 Å². The zero-order valence-corrected chi connectivity index (χ0v) is 9.47. The monoisotopic (exact) mass is 214 g/mol. The molecule has 5 heteroatoms. The van der Waals surface area contributed by atoms with Crippen molar-refractivity contribution in [1.29, 1.82) is 0 Å². The Morgan fingerprint density at radius 1 is 1.33 bits per heavy atom. The molecule has 0 unspecified atom stereocenters. The van der Waals surface area contributed by atoms with Crippen LogP contribution >= 0.6 is 0 Å². The normalized spacial score (nSPS) is 12.5. The van der Waals surface area contributed by atoms with Crippen LogP contribution in [0, 0.1) is 0 Å². The third-order valence-electron chi connectivity index (χ3n) is 1.18. The standard InChI is InChI=1S/C4H9O.C3H7O.2H2O.Ti/c1-2-3-4-5;1-3(2)4;;;/h2-4H2,1H3;3H,1-2H3;2*1H2;/q2*-1;;;+4/p-2. The predicted octanol–water partition coefficient (Wildman–Crippen LogP) is 1.03. The minimum absolute atomic E-state index is 0.193. The molecule has 4 nitrogen and oxygen atoms in total. The van der Waals surface area contributed by atoms with Gasteiger partial charge in [0.1, 0.15) is 0 Å². The van der Waals surface area contributed by atoms with Crippen molar-refractivity contribution in [2.45, 2.75) is 39.7 Å². The van der Waals surface area contributed by atoms with E-state index in [0.717, 1.165) is 12.8 Å². The second-order valence-electron chi connectivity index (χ2n) is 2.92. The van der Waals surface area contributed by atoms with Crippen molar-refractivity contribution in [3.05, 3.63) is 0 Å². The van der Waals surface area contributed by atoms with Crippen molar-refractivity contribution < 1.29 is 32.2 Å². The first-order valence-corrected chi connectivity index (χ1v) is 6.91. The fraction of sp³-hybridized carbons (Fsp3) is 1.00. The van der Waals surface area contributed by atoms with Crippen molar-refractivity contribution >= 4 is 0 Å². The SMILES string of the molecule is CCCC[O][Ti]([OH])([OH])[O]C(C)C. The Hall–Kier alpha value is 0.554. The van der Waals surface area contributed by atoms with Gasteiger partial charge in [-0.2, -0.15) is 0 Å². The van der Waals surface area contributed by atoms with Gasteiger partial charge in [-0.3, -0.25) is 0 Å². The summed E-state index contributed by atoms with van der Waals surface area (Å²) in [7, 11) is 0. The molecule has 12 heavy (non-hydrogen) atoms. The van der Waals surface area contributed by atoms with Crippen LogP contribution in [0.15, 0.2) is 0 Å². The quantitative estimate of drug-likeness (QED) is 0.512. The Morgan fingerprint density at radius 2 is 1.92 bits per heavy atom. The van der Waals surface area contributed by atoms with Crippen LogP contribution in [-0.2, 0) is 24.8 Å². The predicted molar refractivity (Wildman–Crippen MR) is 41.5 cm³/mol. The molecule has 0 heterocycles. The Labute approximate surface area is 78.8 Å². The summed E-state index contributed by atoms with van der Waals surface area (Å²) < 4.78 is 28.1. The first-order chi connectivity index (χ1) is 5.48. The average Bonchev–Trinajstić information content (AvgIpc) is 1.84. The molecule has 0 aliphatic carbocycles. The van der Waals surface area contributed by atoms with E-state index in [1.165, 1.54) is 0 Å². The summed E-state index contributed by atoms with van der Waals surface area (Å²) in [5.41, 5.74) is 0. The summed E-state index contributed by atoms with van der Waals surface area (Å²) in [4.78, 5) is 0. The molecule has 0 fully saturated rings. The maximum absolute atomic E-state index is 9.21. The summed E-state index contributed by atoms with van der Waals surface area (Å²) in [6.45, 7) is 5.87. The van der Waals surface area contributed by atoms with Crippen LogP contribution in [-0.4, -0.2) is 20.1 Å². The maximum atomic E-state index is 9.21. The van der Waals surface area contributed by atoms with Gasteiger partial charge in [0.2, 0.25) is 0 Å². The molecular formula is C7H18O4Ti. The van der Waals surface area contributed by atoms with Gasteiger partial charge in [-0.05, 0) is 0 Å². The third kappa shape index (κ3) is 7.22. The van der Waals surface area contributed by atoms with Gasteiger partial charge in [0, 0.05) is 0 Å². The van der Waals surface area contributed by atoms with E-state index in [4.69, 9.17) is 6.64 Å². The van der Waals surface area contributed by atoms with Gasteiger partial charge in [0.25, 0.3) is 0 Å². The van der Waals surface area contributed by atoms with Crippen LogP contribution < -0.4 is 0 Å². The topological polar surface area (TPSA) is 58.9 Å². The summed E-state index contributed by atoms with van der Waals surface area (Å²) in [6, 6.07) is 0. The zero-order chi connectivity index (χ0) is 9.61. The van der Waals surface area contributed by atoms with Crippen LogP contribution in [0.5, 0.6) is 0 Å². The van der Waals surface area contributed by atoms with Gasteiger partial charge in [-0.15, -0.1) is 0 Å². The molecular weight excluding hydrogens is 196 g/mol. The number of unbranched alkanes of at least 4 members (excludes halogenated alkanes) is 1. The number of rotatable bonds is 6. The molecule has 0 atom stereocenters. The molecule has 0 saturated carbocycles. The van der Waals surface area contributed by atoms with Crippen molar-refractivity contribution in [3.8, 4) is 0 Å². The molecule has 0 rings (SSSR count). The molecule has 0 aliphatic heterocycles. The van der Waals surface area contributed by atoms with Gasteiger partial charge < -0.3 is 0 Å². The average molecular weight is 214 g/mol. The van der Waals surface area contributed by atoms with Crippen LogP contribution in [0.3, 0.4) is 0 Å². The Kier molecular flexibility index (Phi) is 6.36. The van der Waals surface area contributed by atoms with E-state index in [1.54, 1.807) is 13.8 Å². The van der Waals surface area contributed by atoms with E-state index < -0.39 is 18.1 Å². The minimum atomic E-state index is -4.29. The molecule has 0 aromatic rings. The molecule has 0 amide bonds. The van der Waals surface area contributed by atoms with Crippen molar-refractivity contribution in [3.63, 3.8) is 0 Å². The van der Waals surface area contributed by atoms with Crippen LogP contribution in [0.1, 0.15) is 33.6 Å². The molecule has 0 aromatic heterocycles. The third-order valence-corrected chi connectivity index (χ3v) is 3.30. The Morgan fingerprint density at radius 3 is 2.33 bits per heavy atom. The van der Waals surface area contributed by atoms with Gasteiger partial charge in [-0.1, -0.05) is 0 Å². The Balaban J connectivity index is 3.56. The fourth-order valence-electron chi connectivity index (χ4n) is 0.691. The van der Waals surface area contributed by atoms with E-state index >= 15 is 0 Å². The van der Waals surface area contributed by atoms with E-state index in [2.05, 4.69) is 0 Å². The second kappa shape index (κ2) is 6.08. The second-order valence-corrected chi connectivity index (χ2v) is 5.45. The number of hydrogen-bond donors (Lipinski definition) is 2. The molecule has 0 aliphatic rings. The molecule has 0 spiro atoms. The van der Waals surface area contributed by atoms with Gasteiger partial charge in [0.15, 0.2) is 0 Å². The summed E-state index contributed by atoms with van der Waals surface area (Å²) in [5, 5.41) is 0. The first kappa shape index (κ1) is 12.6. The zero-order valence-electron chi connectivity index (χ0n) is 7.91. The molecule has 0 bridgehead atoms. The van der Waals surface area contributed by atoms with Crippen molar-refractivity contribution in [2.24, 2.45) is 0 Å². The summed E-state index contributed by atoms with van der Waals surface area (Å²) >= 11 is -4.29. The van der Waals surface area contributed by atoms with E-state index in [1.807, 2.05) is 6.92 Å². The fourth-order valence-corrected chi connectivity index (χ4v) is 2.40. The molecule has 74 valence electrons. The van der Waals surface area contributed by atoms with Crippen molar-refractivity contribution in [2.75, 3.05) is 6.61 Å². The molecule has 0 radical (unpaired) electrons. The molecule has 2 N–H and O–H groups in total. The first-order valence-electron chi connectivity index (χ1n) is 4.24. The van der Waals surface area contributed by atoms with Gasteiger partial charge in [0.05, 0.1) is 0 Å². The van der Waals surface area contributed by atoms with E-state index in [9.17, 15) is 7.38 Å². The van der Waals surface area contributed by atoms with Gasteiger partial charge in [-0.25, -0.2) is 0 Å². The van der Waals surface area contributed by atoms with Gasteiger partial charge >= 0.3 is 78.5 Å². The summed E-state index contributed by atoms with van der Waals surface area (Å²) in [6.07, 6.45) is 1.61. The van der Waals surface area contributed by atoms with Crippen LogP contribution in [0.2, 0.25) is 0 Å². The molecule has 0 aromatic carbocycles.